The Bertz CT molecular complexity index is 1130. The molecule has 0 radical (unpaired) electrons. The lowest BCUT2D eigenvalue weighted by Gasteiger charge is -2.24. The summed E-state index contributed by atoms with van der Waals surface area (Å²) in [6.07, 6.45) is 1.65. The Morgan fingerprint density at radius 2 is 1.88 bits per heavy atom. The minimum atomic E-state index is -0.394. The quantitative estimate of drug-likeness (QED) is 0.552. The van der Waals surface area contributed by atoms with E-state index >= 15 is 0 Å². The highest BCUT2D eigenvalue weighted by Crippen LogP contribution is 2.24. The maximum atomic E-state index is 13.3. The van der Waals surface area contributed by atoms with E-state index in [0.29, 0.717) is 24.5 Å². The summed E-state index contributed by atoms with van der Waals surface area (Å²) in [5.41, 5.74) is 3.44. The topological polar surface area (TPSA) is 71.8 Å². The van der Waals surface area contributed by atoms with Crippen LogP contribution in [0, 0.1) is 19.7 Å². The monoisotopic (exact) mass is 450 g/mol. The Morgan fingerprint density at radius 1 is 1.09 bits per heavy atom. The van der Waals surface area contributed by atoms with Gasteiger partial charge >= 0.3 is 0 Å². The fourth-order valence-electron chi connectivity index (χ4n) is 3.88. The van der Waals surface area contributed by atoms with E-state index in [4.69, 9.17) is 9.15 Å². The summed E-state index contributed by atoms with van der Waals surface area (Å²) in [7, 11) is 0. The van der Waals surface area contributed by atoms with Gasteiger partial charge in [-0.05, 0) is 80.3 Å². The third-order valence-corrected chi connectivity index (χ3v) is 5.89. The molecule has 1 fully saturated rings. The lowest BCUT2D eigenvalue weighted by molar-refractivity contribution is -0.117. The number of nitrogens with zero attached hydrogens (tertiary/aromatic N) is 1. The summed E-state index contributed by atoms with van der Waals surface area (Å²) in [6.45, 7) is 4.75. The Morgan fingerprint density at radius 3 is 2.61 bits per heavy atom. The average Bonchev–Trinajstić information content (AvgIpc) is 3.49. The largest absolute Gasteiger partial charge is 0.451 e. The third kappa shape index (κ3) is 5.49. The number of hydrogen-bond donors (Lipinski definition) is 1. The molecule has 1 unspecified atom stereocenters. The van der Waals surface area contributed by atoms with Crippen LogP contribution in [0.5, 0.6) is 0 Å². The zero-order chi connectivity index (χ0) is 23.4. The van der Waals surface area contributed by atoms with Gasteiger partial charge in [-0.1, -0.05) is 12.1 Å². The van der Waals surface area contributed by atoms with Crippen LogP contribution in [-0.4, -0.2) is 42.5 Å². The molecule has 1 atom stereocenters. The van der Waals surface area contributed by atoms with Gasteiger partial charge in [-0.25, -0.2) is 4.39 Å². The zero-order valence-electron chi connectivity index (χ0n) is 18.8. The molecule has 0 spiro atoms. The van der Waals surface area contributed by atoms with Crippen molar-refractivity contribution in [2.45, 2.75) is 32.8 Å². The van der Waals surface area contributed by atoms with Crippen LogP contribution in [-0.2, 0) is 9.53 Å². The number of ether oxygens (including phenoxy) is 1. The minimum absolute atomic E-state index is 0.117. The highest BCUT2D eigenvalue weighted by atomic mass is 19.1. The first-order chi connectivity index (χ1) is 15.9. The van der Waals surface area contributed by atoms with Gasteiger partial charge in [-0.2, -0.15) is 0 Å². The Labute approximate surface area is 192 Å². The van der Waals surface area contributed by atoms with Gasteiger partial charge in [-0.3, -0.25) is 9.59 Å². The molecule has 172 valence electrons. The highest BCUT2D eigenvalue weighted by molar-refractivity contribution is 5.98. The number of furan rings is 1. The van der Waals surface area contributed by atoms with Crippen molar-refractivity contribution in [1.82, 2.24) is 4.90 Å². The van der Waals surface area contributed by atoms with Crippen LogP contribution >= 0.6 is 0 Å². The molecule has 33 heavy (non-hydrogen) atoms. The van der Waals surface area contributed by atoms with E-state index in [1.807, 2.05) is 32.0 Å². The number of halogens is 1. The number of nitrogens with one attached hydrogen (secondary N) is 1. The smallest absolute Gasteiger partial charge is 0.290 e. The van der Waals surface area contributed by atoms with Crippen molar-refractivity contribution in [2.24, 2.45) is 0 Å². The number of carbonyl (C=O) groups excluding carboxylic acids is 2. The number of rotatable bonds is 7. The van der Waals surface area contributed by atoms with Gasteiger partial charge in [0.15, 0.2) is 5.76 Å². The molecule has 4 rings (SSSR count). The molecule has 1 saturated heterocycles. The fourth-order valence-corrected chi connectivity index (χ4v) is 3.88. The Balaban J connectivity index is 1.51. The van der Waals surface area contributed by atoms with Crippen LogP contribution in [0.1, 0.15) is 34.5 Å². The molecule has 2 heterocycles. The summed E-state index contributed by atoms with van der Waals surface area (Å²) in [6, 6.07) is 14.8. The third-order valence-electron chi connectivity index (χ3n) is 5.89. The Kier molecular flexibility index (Phi) is 6.89. The average molecular weight is 451 g/mol. The number of amides is 2. The van der Waals surface area contributed by atoms with E-state index < -0.39 is 5.91 Å². The van der Waals surface area contributed by atoms with Gasteiger partial charge in [0.2, 0.25) is 5.91 Å². The summed E-state index contributed by atoms with van der Waals surface area (Å²) < 4.78 is 24.7. The number of benzene rings is 2. The van der Waals surface area contributed by atoms with Gasteiger partial charge < -0.3 is 19.4 Å². The fraction of sp³-hybridized carbons (Fsp3) is 0.308. The maximum Gasteiger partial charge on any atom is 0.290 e. The molecule has 1 N–H and O–H groups in total. The van der Waals surface area contributed by atoms with Crippen LogP contribution in [0.25, 0.3) is 11.3 Å². The number of hydrogen-bond acceptors (Lipinski definition) is 4. The molecule has 1 aromatic heterocycles. The van der Waals surface area contributed by atoms with Gasteiger partial charge in [-0.15, -0.1) is 0 Å². The van der Waals surface area contributed by atoms with E-state index in [-0.39, 0.29) is 30.1 Å². The first kappa shape index (κ1) is 22.7. The van der Waals surface area contributed by atoms with Gasteiger partial charge in [0.1, 0.15) is 18.1 Å². The van der Waals surface area contributed by atoms with Crippen LogP contribution < -0.4 is 5.32 Å². The first-order valence-electron chi connectivity index (χ1n) is 11.0. The second-order valence-corrected chi connectivity index (χ2v) is 8.29. The molecule has 2 aromatic carbocycles. The maximum absolute atomic E-state index is 13.3. The van der Waals surface area contributed by atoms with Crippen molar-refractivity contribution < 1.29 is 23.1 Å². The highest BCUT2D eigenvalue weighted by Gasteiger charge is 2.27. The molecule has 1 aliphatic heterocycles. The van der Waals surface area contributed by atoms with Crippen molar-refractivity contribution in [3.63, 3.8) is 0 Å². The summed E-state index contributed by atoms with van der Waals surface area (Å²) in [5.74, 6) is -0.461. The lowest BCUT2D eigenvalue weighted by atomic mass is 10.1. The van der Waals surface area contributed by atoms with Crippen molar-refractivity contribution in [3.8, 4) is 11.3 Å². The van der Waals surface area contributed by atoms with E-state index in [1.165, 1.54) is 17.0 Å². The number of aryl methyl sites for hydroxylation is 1. The molecule has 7 heteroatoms. The summed E-state index contributed by atoms with van der Waals surface area (Å²) in [4.78, 5) is 27.6. The Hall–Kier alpha value is -3.45. The molecular weight excluding hydrogens is 423 g/mol. The second-order valence-electron chi connectivity index (χ2n) is 8.29. The van der Waals surface area contributed by atoms with E-state index in [1.54, 1.807) is 24.3 Å². The van der Waals surface area contributed by atoms with Crippen LogP contribution in [0.2, 0.25) is 0 Å². The van der Waals surface area contributed by atoms with Crippen molar-refractivity contribution >= 4 is 17.5 Å². The predicted octanol–water partition coefficient (Wildman–Crippen LogP) is 4.96. The molecule has 0 bridgehead atoms. The van der Waals surface area contributed by atoms with Crippen LogP contribution in [0.4, 0.5) is 10.1 Å². The molecular formula is C26H27FN2O4. The van der Waals surface area contributed by atoms with E-state index in [0.717, 1.165) is 29.7 Å². The van der Waals surface area contributed by atoms with E-state index in [9.17, 15) is 14.0 Å². The minimum Gasteiger partial charge on any atom is -0.451 e. The predicted molar refractivity (Wildman–Crippen MR) is 124 cm³/mol. The normalized spacial score (nSPS) is 15.4. The molecule has 0 saturated carbocycles. The van der Waals surface area contributed by atoms with Gasteiger partial charge in [0.25, 0.3) is 5.91 Å². The first-order valence-corrected chi connectivity index (χ1v) is 11.0. The van der Waals surface area contributed by atoms with Crippen LogP contribution in [0.15, 0.2) is 59.0 Å². The summed E-state index contributed by atoms with van der Waals surface area (Å²) >= 11 is 0. The molecule has 2 amide bonds. The molecule has 6 nitrogen and oxygen atoms in total. The zero-order valence-corrected chi connectivity index (χ0v) is 18.8. The van der Waals surface area contributed by atoms with Crippen molar-refractivity contribution in [1.29, 1.82) is 0 Å². The lowest BCUT2D eigenvalue weighted by Crippen LogP contribution is -2.42. The number of anilines is 1. The molecule has 0 aliphatic carbocycles. The van der Waals surface area contributed by atoms with Gasteiger partial charge in [0.05, 0.1) is 6.10 Å². The summed E-state index contributed by atoms with van der Waals surface area (Å²) in [5, 5.41) is 2.91. The second kappa shape index (κ2) is 10.0. The van der Waals surface area contributed by atoms with Crippen molar-refractivity contribution in [2.75, 3.05) is 25.0 Å². The SMILES string of the molecule is Cc1cccc(NC(=O)CN(CC2CCCO2)C(=O)c2ccc(-c3ccc(F)cc3)o2)c1C. The van der Waals surface area contributed by atoms with Crippen molar-refractivity contribution in [3.05, 3.63) is 77.3 Å². The standard InChI is InChI=1S/C26H27FN2O4/c1-17-5-3-7-22(18(17)2)28-25(30)16-29(15-21-6-4-14-32-21)26(31)24-13-12-23(33-24)19-8-10-20(27)11-9-19/h3,5,7-13,21H,4,6,14-16H2,1-2H3,(H,28,30). The van der Waals surface area contributed by atoms with E-state index in [2.05, 4.69) is 5.32 Å². The molecule has 1 aliphatic rings. The van der Waals surface area contributed by atoms with Gasteiger partial charge in [0, 0.05) is 24.4 Å². The number of carbonyl (C=O) groups is 2. The van der Waals surface area contributed by atoms with Crippen LogP contribution in [0.3, 0.4) is 0 Å². The molecule has 3 aromatic rings.